The summed E-state index contributed by atoms with van der Waals surface area (Å²) in [5, 5.41) is 0. The van der Waals surface area contributed by atoms with Crippen molar-refractivity contribution in [2.45, 2.75) is 64.9 Å². The number of nitrogens with zero attached hydrogens (tertiary/aromatic N) is 1. The van der Waals surface area contributed by atoms with Gasteiger partial charge in [-0.1, -0.05) is 0 Å². The van der Waals surface area contributed by atoms with Gasteiger partial charge in [-0.25, -0.2) is 0 Å². The smallest absolute Gasteiger partial charge is 0.139 e. The van der Waals surface area contributed by atoms with Crippen LogP contribution in [0.2, 0.25) is 0 Å². The Kier molecular flexibility index (Phi) is 3.93. The maximum atomic E-state index is 12.1. The molecule has 114 valence electrons. The first kappa shape index (κ1) is 14.5. The van der Waals surface area contributed by atoms with E-state index in [-0.39, 0.29) is 5.41 Å². The molecule has 3 aliphatic rings. The van der Waals surface area contributed by atoms with Crippen LogP contribution in [0.1, 0.15) is 58.8 Å². The summed E-state index contributed by atoms with van der Waals surface area (Å²) in [7, 11) is 0. The van der Waals surface area contributed by atoms with E-state index in [1.54, 1.807) is 0 Å². The first-order chi connectivity index (χ1) is 9.54. The fourth-order valence-electron chi connectivity index (χ4n) is 4.00. The molecule has 1 spiro atoms. The van der Waals surface area contributed by atoms with Crippen molar-refractivity contribution in [1.82, 2.24) is 4.90 Å². The molecule has 20 heavy (non-hydrogen) atoms. The van der Waals surface area contributed by atoms with Gasteiger partial charge in [-0.3, -0.25) is 4.79 Å². The summed E-state index contributed by atoms with van der Waals surface area (Å²) in [5.74, 6) is 0.557. The van der Waals surface area contributed by atoms with E-state index in [1.165, 1.54) is 19.4 Å². The fourth-order valence-corrected chi connectivity index (χ4v) is 4.00. The molecule has 0 aromatic rings. The molecule has 1 aliphatic heterocycles. The summed E-state index contributed by atoms with van der Waals surface area (Å²) < 4.78 is 5.84. The van der Waals surface area contributed by atoms with Crippen molar-refractivity contribution in [3.63, 3.8) is 0 Å². The Labute approximate surface area is 123 Å². The van der Waals surface area contributed by atoms with E-state index < -0.39 is 0 Å². The maximum Gasteiger partial charge on any atom is 0.139 e. The molecule has 2 saturated carbocycles. The average Bonchev–Trinajstić information content (AvgIpc) is 3.10. The van der Waals surface area contributed by atoms with Crippen LogP contribution in [0.25, 0.3) is 0 Å². The lowest BCUT2D eigenvalue weighted by Crippen LogP contribution is -2.44. The number of rotatable bonds is 5. The van der Waals surface area contributed by atoms with Crippen molar-refractivity contribution in [3.8, 4) is 0 Å². The van der Waals surface area contributed by atoms with Crippen LogP contribution >= 0.6 is 0 Å². The van der Waals surface area contributed by atoms with Crippen molar-refractivity contribution >= 4 is 5.78 Å². The highest BCUT2D eigenvalue weighted by Gasteiger charge is 2.48. The molecular formula is C17H29NO2. The molecule has 3 heteroatoms. The van der Waals surface area contributed by atoms with Gasteiger partial charge >= 0.3 is 0 Å². The van der Waals surface area contributed by atoms with Crippen molar-refractivity contribution in [2.75, 3.05) is 26.2 Å². The Balaban J connectivity index is 1.48. The summed E-state index contributed by atoms with van der Waals surface area (Å²) >= 11 is 0. The topological polar surface area (TPSA) is 29.5 Å². The van der Waals surface area contributed by atoms with E-state index in [1.807, 2.05) is 0 Å². The third kappa shape index (κ3) is 2.94. The summed E-state index contributed by atoms with van der Waals surface area (Å²) in [6, 6.07) is 0. The van der Waals surface area contributed by atoms with Crippen LogP contribution in [-0.4, -0.2) is 43.0 Å². The van der Waals surface area contributed by atoms with Gasteiger partial charge in [-0.15, -0.1) is 0 Å². The zero-order valence-electron chi connectivity index (χ0n) is 13.1. The molecule has 0 atom stereocenters. The predicted molar refractivity (Wildman–Crippen MR) is 79.7 cm³/mol. The molecule has 1 saturated heterocycles. The van der Waals surface area contributed by atoms with Crippen LogP contribution in [0.4, 0.5) is 0 Å². The summed E-state index contributed by atoms with van der Waals surface area (Å²) in [5.41, 5.74) is 0.524. The minimum atomic E-state index is 0.0850. The molecule has 3 rings (SSSR count). The van der Waals surface area contributed by atoms with Gasteiger partial charge in [0.2, 0.25) is 0 Å². The van der Waals surface area contributed by atoms with Gasteiger partial charge in [-0.2, -0.15) is 0 Å². The summed E-state index contributed by atoms with van der Waals surface area (Å²) in [6.07, 6.45) is 8.31. The largest absolute Gasteiger partial charge is 0.378 e. The van der Waals surface area contributed by atoms with E-state index in [0.29, 0.717) is 17.3 Å². The number of Topliss-reactive ketones (excluding diaryl/α,β-unsaturated/α-hetero) is 1. The Hall–Kier alpha value is -0.410. The Morgan fingerprint density at radius 2 is 1.85 bits per heavy atom. The molecule has 0 radical (unpaired) electrons. The molecule has 2 aliphatic carbocycles. The van der Waals surface area contributed by atoms with Crippen LogP contribution in [0, 0.1) is 10.8 Å². The van der Waals surface area contributed by atoms with Crippen molar-refractivity contribution in [3.05, 3.63) is 0 Å². The Bertz CT molecular complexity index is 365. The second-order valence-electron chi connectivity index (χ2n) is 7.69. The van der Waals surface area contributed by atoms with Gasteiger partial charge < -0.3 is 9.64 Å². The highest BCUT2D eigenvalue weighted by atomic mass is 16.5. The standard InChI is InChI=1S/C17H29NO2/c1-14(2)20-13-16(6-7-16)12-18-10-8-17(9-11-18)5-3-4-15(17)19/h14H,3-13H2,1-2H3. The predicted octanol–water partition coefficient (Wildman–Crippen LogP) is 3.03. The van der Waals surface area contributed by atoms with Crippen molar-refractivity contribution < 1.29 is 9.53 Å². The summed E-state index contributed by atoms with van der Waals surface area (Å²) in [6.45, 7) is 8.58. The molecule has 3 fully saturated rings. The van der Waals surface area contributed by atoms with Gasteiger partial charge in [-0.05, 0) is 65.5 Å². The molecule has 0 aromatic heterocycles. The number of hydrogen-bond donors (Lipinski definition) is 0. The second-order valence-corrected chi connectivity index (χ2v) is 7.69. The number of ketones is 1. The molecule has 0 amide bonds. The third-order valence-electron chi connectivity index (χ3n) is 5.70. The molecule has 0 unspecified atom stereocenters. The first-order valence-electron chi connectivity index (χ1n) is 8.41. The van der Waals surface area contributed by atoms with Gasteiger partial charge in [0.05, 0.1) is 12.7 Å². The van der Waals surface area contributed by atoms with Gasteiger partial charge in [0.25, 0.3) is 0 Å². The number of likely N-dealkylation sites (tertiary alicyclic amines) is 1. The van der Waals surface area contributed by atoms with Crippen LogP contribution in [0.3, 0.4) is 0 Å². The molecule has 0 aromatic carbocycles. The molecule has 1 heterocycles. The SMILES string of the molecule is CC(C)OCC1(CN2CCC3(CCCC3=O)CC2)CC1. The number of piperidine rings is 1. The van der Waals surface area contributed by atoms with Crippen LogP contribution < -0.4 is 0 Å². The number of ether oxygens (including phenoxy) is 1. The fraction of sp³-hybridized carbons (Fsp3) is 0.941. The van der Waals surface area contributed by atoms with Gasteiger partial charge in [0.1, 0.15) is 5.78 Å². The zero-order chi connectivity index (χ0) is 14.2. The van der Waals surface area contributed by atoms with E-state index >= 15 is 0 Å². The number of carbonyl (C=O) groups excluding carboxylic acids is 1. The quantitative estimate of drug-likeness (QED) is 0.775. The third-order valence-corrected chi connectivity index (χ3v) is 5.70. The molecule has 3 nitrogen and oxygen atoms in total. The highest BCUT2D eigenvalue weighted by molar-refractivity contribution is 5.86. The monoisotopic (exact) mass is 279 g/mol. The van der Waals surface area contributed by atoms with Gasteiger partial charge in [0.15, 0.2) is 0 Å². The van der Waals surface area contributed by atoms with Crippen LogP contribution in [-0.2, 0) is 9.53 Å². The van der Waals surface area contributed by atoms with E-state index in [2.05, 4.69) is 18.7 Å². The minimum absolute atomic E-state index is 0.0850. The maximum absolute atomic E-state index is 12.1. The lowest BCUT2D eigenvalue weighted by Gasteiger charge is -2.39. The van der Waals surface area contributed by atoms with Crippen LogP contribution in [0.5, 0.6) is 0 Å². The molecule has 0 N–H and O–H groups in total. The Morgan fingerprint density at radius 1 is 1.15 bits per heavy atom. The lowest BCUT2D eigenvalue weighted by molar-refractivity contribution is -0.128. The van der Waals surface area contributed by atoms with Crippen molar-refractivity contribution in [1.29, 1.82) is 0 Å². The number of hydrogen-bond acceptors (Lipinski definition) is 3. The average molecular weight is 279 g/mol. The van der Waals surface area contributed by atoms with Gasteiger partial charge in [0, 0.05) is 23.8 Å². The number of carbonyl (C=O) groups is 1. The van der Waals surface area contributed by atoms with Crippen LogP contribution in [0.15, 0.2) is 0 Å². The molecular weight excluding hydrogens is 250 g/mol. The summed E-state index contributed by atoms with van der Waals surface area (Å²) in [4.78, 5) is 14.7. The van der Waals surface area contributed by atoms with E-state index in [4.69, 9.17) is 4.74 Å². The normalized spacial score (nSPS) is 28.4. The Morgan fingerprint density at radius 3 is 2.35 bits per heavy atom. The van der Waals surface area contributed by atoms with Crippen molar-refractivity contribution in [2.24, 2.45) is 10.8 Å². The first-order valence-corrected chi connectivity index (χ1v) is 8.41. The second kappa shape index (κ2) is 5.42. The molecule has 0 bridgehead atoms. The minimum Gasteiger partial charge on any atom is -0.378 e. The van der Waals surface area contributed by atoms with E-state index in [9.17, 15) is 4.79 Å². The zero-order valence-corrected chi connectivity index (χ0v) is 13.1. The van der Waals surface area contributed by atoms with E-state index in [0.717, 1.165) is 51.8 Å². The lowest BCUT2D eigenvalue weighted by atomic mass is 9.76. The highest BCUT2D eigenvalue weighted by Crippen LogP contribution is 2.49.